The van der Waals surface area contributed by atoms with Gasteiger partial charge in [0, 0.05) is 13.2 Å². The monoisotopic (exact) mass is 265 g/mol. The van der Waals surface area contributed by atoms with Gasteiger partial charge in [-0.2, -0.15) is 0 Å². The number of ketones is 1. The van der Waals surface area contributed by atoms with Crippen LogP contribution in [0.5, 0.6) is 0 Å². The molecular weight excluding hydrogens is 249 g/mol. The highest BCUT2D eigenvalue weighted by Crippen LogP contribution is 2.31. The van der Waals surface area contributed by atoms with Crippen LogP contribution >= 0.6 is 0 Å². The molecule has 0 spiro atoms. The van der Waals surface area contributed by atoms with E-state index in [0.717, 1.165) is 12.8 Å². The molecule has 1 amide bonds. The highest BCUT2D eigenvalue weighted by atomic mass is 19.1. The number of Topliss-reactive ketones (excluding diaryl/α,β-unsaturated/α-hetero) is 1. The molecular formula is C14H16FNO3. The maximum Gasteiger partial charge on any atom is 0.299 e. The summed E-state index contributed by atoms with van der Waals surface area (Å²) in [5.41, 5.74) is 0.218. The smallest absolute Gasteiger partial charge is 0.299 e. The van der Waals surface area contributed by atoms with Crippen LogP contribution in [0.2, 0.25) is 0 Å². The van der Waals surface area contributed by atoms with E-state index in [0.29, 0.717) is 13.2 Å². The van der Waals surface area contributed by atoms with Gasteiger partial charge in [-0.25, -0.2) is 4.39 Å². The van der Waals surface area contributed by atoms with E-state index in [1.54, 1.807) is 0 Å². The molecule has 1 heterocycles. The fourth-order valence-corrected chi connectivity index (χ4v) is 2.03. The van der Waals surface area contributed by atoms with Crippen molar-refractivity contribution in [3.63, 3.8) is 0 Å². The van der Waals surface area contributed by atoms with Crippen LogP contribution in [0, 0.1) is 5.82 Å². The number of carbonyl (C=O) groups excluding carboxylic acids is 2. The zero-order valence-corrected chi connectivity index (χ0v) is 10.8. The number of halogens is 1. The fraction of sp³-hybridized carbons (Fsp3) is 0.429. The number of nitrogens with zero attached hydrogens (tertiary/aromatic N) is 1. The van der Waals surface area contributed by atoms with E-state index < -0.39 is 17.5 Å². The Bertz CT molecular complexity index is 501. The van der Waals surface area contributed by atoms with Gasteiger partial charge in [-0.1, -0.05) is 19.4 Å². The second kappa shape index (κ2) is 5.93. The van der Waals surface area contributed by atoms with Crippen molar-refractivity contribution in [2.24, 2.45) is 0 Å². The number of rotatable bonds is 6. The van der Waals surface area contributed by atoms with E-state index in [1.807, 2.05) is 0 Å². The van der Waals surface area contributed by atoms with Gasteiger partial charge in [-0.3, -0.25) is 14.5 Å². The second-order valence-corrected chi connectivity index (χ2v) is 4.39. The molecule has 0 N–H and O–H groups in total. The molecule has 0 saturated carbocycles. The van der Waals surface area contributed by atoms with Crippen LogP contribution in [0.1, 0.15) is 30.1 Å². The first-order chi connectivity index (χ1) is 9.16. The van der Waals surface area contributed by atoms with Crippen LogP contribution in [-0.2, 0) is 9.53 Å². The first-order valence-corrected chi connectivity index (χ1v) is 6.39. The predicted octanol–water partition coefficient (Wildman–Crippen LogP) is 2.17. The van der Waals surface area contributed by atoms with Gasteiger partial charge in [-0.05, 0) is 18.6 Å². The third-order valence-corrected chi connectivity index (χ3v) is 3.04. The van der Waals surface area contributed by atoms with E-state index >= 15 is 0 Å². The summed E-state index contributed by atoms with van der Waals surface area (Å²) in [5.74, 6) is -1.88. The number of carbonyl (C=O) groups is 2. The molecule has 0 saturated heterocycles. The standard InChI is InChI=1S/C14H16FNO3/c1-2-3-8-19-9-7-16-12-10(13(17)14(16)18)5-4-6-11(12)15/h4-6H,2-3,7-9H2,1H3. The summed E-state index contributed by atoms with van der Waals surface area (Å²) in [4.78, 5) is 24.6. The Hall–Kier alpha value is -1.75. The maximum absolute atomic E-state index is 13.7. The van der Waals surface area contributed by atoms with Crippen molar-refractivity contribution in [2.45, 2.75) is 19.8 Å². The van der Waals surface area contributed by atoms with Gasteiger partial charge in [-0.15, -0.1) is 0 Å². The number of benzene rings is 1. The van der Waals surface area contributed by atoms with Crippen LogP contribution in [0.4, 0.5) is 10.1 Å². The topological polar surface area (TPSA) is 46.6 Å². The average Bonchev–Trinajstić information content (AvgIpc) is 2.65. The third-order valence-electron chi connectivity index (χ3n) is 3.04. The van der Waals surface area contributed by atoms with E-state index in [-0.39, 0.29) is 17.8 Å². The molecule has 0 unspecified atom stereocenters. The normalized spacial score (nSPS) is 14.1. The summed E-state index contributed by atoms with van der Waals surface area (Å²) in [7, 11) is 0. The number of ether oxygens (including phenoxy) is 1. The van der Waals surface area contributed by atoms with Crippen molar-refractivity contribution in [1.29, 1.82) is 0 Å². The zero-order valence-electron chi connectivity index (χ0n) is 10.8. The number of amides is 1. The number of unbranched alkanes of at least 4 members (excludes halogenated alkanes) is 1. The van der Waals surface area contributed by atoms with Crippen molar-refractivity contribution in [2.75, 3.05) is 24.7 Å². The van der Waals surface area contributed by atoms with Gasteiger partial charge in [0.1, 0.15) is 5.82 Å². The van der Waals surface area contributed by atoms with Gasteiger partial charge in [0.2, 0.25) is 0 Å². The van der Waals surface area contributed by atoms with Crippen LogP contribution < -0.4 is 4.90 Å². The minimum atomic E-state index is -0.681. The number of anilines is 1. The van der Waals surface area contributed by atoms with Crippen LogP contribution in [0.3, 0.4) is 0 Å². The van der Waals surface area contributed by atoms with Crippen molar-refractivity contribution >= 4 is 17.4 Å². The summed E-state index contributed by atoms with van der Waals surface area (Å²) in [6.07, 6.45) is 1.97. The lowest BCUT2D eigenvalue weighted by Crippen LogP contribution is -2.33. The molecule has 1 aliphatic rings. The Labute approximate surface area is 111 Å². The van der Waals surface area contributed by atoms with E-state index in [2.05, 4.69) is 6.92 Å². The number of fused-ring (bicyclic) bond motifs is 1. The van der Waals surface area contributed by atoms with Crippen molar-refractivity contribution < 1.29 is 18.7 Å². The quantitative estimate of drug-likeness (QED) is 0.585. The molecule has 0 fully saturated rings. The Balaban J connectivity index is 2.06. The van der Waals surface area contributed by atoms with Crippen LogP contribution in [-0.4, -0.2) is 31.4 Å². The minimum absolute atomic E-state index is 0.0802. The Morgan fingerprint density at radius 3 is 2.79 bits per heavy atom. The number of para-hydroxylation sites is 1. The minimum Gasteiger partial charge on any atom is -0.380 e. The molecule has 2 rings (SSSR count). The maximum atomic E-state index is 13.7. The predicted molar refractivity (Wildman–Crippen MR) is 68.8 cm³/mol. The van der Waals surface area contributed by atoms with Crippen molar-refractivity contribution in [3.8, 4) is 0 Å². The number of hydrogen-bond donors (Lipinski definition) is 0. The molecule has 5 heteroatoms. The first-order valence-electron chi connectivity index (χ1n) is 6.39. The highest BCUT2D eigenvalue weighted by Gasteiger charge is 2.37. The largest absolute Gasteiger partial charge is 0.380 e. The van der Waals surface area contributed by atoms with Crippen molar-refractivity contribution in [1.82, 2.24) is 0 Å². The third kappa shape index (κ3) is 2.66. The second-order valence-electron chi connectivity index (χ2n) is 4.39. The molecule has 0 aromatic heterocycles. The summed E-state index contributed by atoms with van der Waals surface area (Å²) in [6, 6.07) is 4.15. The first kappa shape index (κ1) is 13.7. The Morgan fingerprint density at radius 2 is 2.05 bits per heavy atom. The lowest BCUT2D eigenvalue weighted by molar-refractivity contribution is -0.114. The molecule has 0 aliphatic carbocycles. The molecule has 1 aromatic rings. The zero-order chi connectivity index (χ0) is 13.8. The molecule has 0 atom stereocenters. The fourth-order valence-electron chi connectivity index (χ4n) is 2.03. The summed E-state index contributed by atoms with van der Waals surface area (Å²) < 4.78 is 19.1. The lowest BCUT2D eigenvalue weighted by Gasteiger charge is -2.16. The van der Waals surface area contributed by atoms with Gasteiger partial charge in [0.25, 0.3) is 11.7 Å². The van der Waals surface area contributed by atoms with Gasteiger partial charge >= 0.3 is 0 Å². The SMILES string of the molecule is CCCCOCCN1C(=O)C(=O)c2cccc(F)c21. The molecule has 0 bridgehead atoms. The van der Waals surface area contributed by atoms with Gasteiger partial charge < -0.3 is 4.74 Å². The van der Waals surface area contributed by atoms with Gasteiger partial charge in [0.05, 0.1) is 17.9 Å². The van der Waals surface area contributed by atoms with E-state index in [1.165, 1.54) is 23.1 Å². The molecule has 19 heavy (non-hydrogen) atoms. The Kier molecular flexibility index (Phi) is 4.27. The van der Waals surface area contributed by atoms with Crippen LogP contribution in [0.25, 0.3) is 0 Å². The summed E-state index contributed by atoms with van der Waals surface area (Å²) in [6.45, 7) is 3.16. The van der Waals surface area contributed by atoms with Gasteiger partial charge in [0.15, 0.2) is 0 Å². The average molecular weight is 265 g/mol. The lowest BCUT2D eigenvalue weighted by atomic mass is 10.1. The van der Waals surface area contributed by atoms with Crippen LogP contribution in [0.15, 0.2) is 18.2 Å². The van der Waals surface area contributed by atoms with E-state index in [9.17, 15) is 14.0 Å². The number of hydrogen-bond acceptors (Lipinski definition) is 3. The Morgan fingerprint density at radius 1 is 1.26 bits per heavy atom. The molecule has 102 valence electrons. The summed E-state index contributed by atoms with van der Waals surface area (Å²) in [5, 5.41) is 0. The summed E-state index contributed by atoms with van der Waals surface area (Å²) >= 11 is 0. The molecule has 0 radical (unpaired) electrons. The molecule has 1 aromatic carbocycles. The van der Waals surface area contributed by atoms with E-state index in [4.69, 9.17) is 4.74 Å². The molecule has 4 nitrogen and oxygen atoms in total. The highest BCUT2D eigenvalue weighted by molar-refractivity contribution is 6.52. The van der Waals surface area contributed by atoms with Crippen molar-refractivity contribution in [3.05, 3.63) is 29.6 Å². The molecule has 1 aliphatic heterocycles.